The Kier molecular flexibility index (Phi) is 1.71. The molecule has 1 unspecified atom stereocenters. The van der Waals surface area contributed by atoms with Gasteiger partial charge in [0.2, 0.25) is 0 Å². The van der Waals surface area contributed by atoms with E-state index in [2.05, 4.69) is 4.01 Å². The SMILES string of the molecule is O=CC1=N[Se](=O)c2ccccc21. The zero-order chi connectivity index (χ0) is 8.55. The molecule has 60 valence electrons. The van der Waals surface area contributed by atoms with Crippen molar-refractivity contribution in [3.8, 4) is 0 Å². The van der Waals surface area contributed by atoms with E-state index in [4.69, 9.17) is 0 Å². The molecule has 0 spiro atoms. The van der Waals surface area contributed by atoms with Crippen molar-refractivity contribution in [3.63, 3.8) is 0 Å². The summed E-state index contributed by atoms with van der Waals surface area (Å²) in [5.41, 5.74) is 1.05. The van der Waals surface area contributed by atoms with Crippen LogP contribution >= 0.6 is 0 Å². The maximum atomic E-state index is 11.3. The Hall–Kier alpha value is -1.12. The van der Waals surface area contributed by atoms with E-state index in [0.717, 1.165) is 10.0 Å². The van der Waals surface area contributed by atoms with Crippen LogP contribution in [-0.2, 0) is 8.63 Å². The molecule has 0 aromatic heterocycles. The second-order valence-corrected chi connectivity index (χ2v) is 4.69. The van der Waals surface area contributed by atoms with Crippen molar-refractivity contribution < 1.29 is 8.63 Å². The van der Waals surface area contributed by atoms with Crippen LogP contribution in [-0.4, -0.2) is 26.0 Å². The van der Waals surface area contributed by atoms with E-state index in [1.807, 2.05) is 6.07 Å². The fourth-order valence-corrected chi connectivity index (χ4v) is 3.15. The quantitative estimate of drug-likeness (QED) is 0.492. The zero-order valence-corrected chi connectivity index (χ0v) is 7.77. The van der Waals surface area contributed by atoms with E-state index in [1.54, 1.807) is 18.2 Å². The molecule has 0 fully saturated rings. The molecule has 1 atom stereocenters. The fraction of sp³-hybridized carbons (Fsp3) is 0. The van der Waals surface area contributed by atoms with Gasteiger partial charge in [-0.15, -0.1) is 0 Å². The van der Waals surface area contributed by atoms with Gasteiger partial charge in [-0.25, -0.2) is 0 Å². The van der Waals surface area contributed by atoms with Gasteiger partial charge in [0.15, 0.2) is 0 Å². The normalized spacial score (nSPS) is 20.0. The Morgan fingerprint density at radius 3 is 2.83 bits per heavy atom. The van der Waals surface area contributed by atoms with E-state index < -0.39 is 14.1 Å². The number of benzene rings is 1. The van der Waals surface area contributed by atoms with Crippen molar-refractivity contribution in [1.29, 1.82) is 0 Å². The van der Waals surface area contributed by atoms with E-state index in [9.17, 15) is 8.63 Å². The Balaban J connectivity index is 2.68. The van der Waals surface area contributed by atoms with Gasteiger partial charge in [-0.1, -0.05) is 0 Å². The van der Waals surface area contributed by atoms with Crippen molar-refractivity contribution in [2.45, 2.75) is 0 Å². The summed E-state index contributed by atoms with van der Waals surface area (Å²) in [6.07, 6.45) is 0.653. The van der Waals surface area contributed by atoms with Crippen LogP contribution in [0.2, 0.25) is 0 Å². The minimum atomic E-state index is -2.29. The van der Waals surface area contributed by atoms with Gasteiger partial charge in [-0.2, -0.15) is 0 Å². The first kappa shape index (κ1) is 7.52. The molecule has 1 aliphatic rings. The zero-order valence-electron chi connectivity index (χ0n) is 6.06. The molecule has 0 radical (unpaired) electrons. The first-order chi connectivity index (χ1) is 5.83. The first-order valence-corrected chi connectivity index (χ1v) is 5.70. The third-order valence-electron chi connectivity index (χ3n) is 1.64. The van der Waals surface area contributed by atoms with Crippen molar-refractivity contribution in [3.05, 3.63) is 29.8 Å². The summed E-state index contributed by atoms with van der Waals surface area (Å²) in [5, 5.41) is 0. The monoisotopic (exact) mass is 227 g/mol. The molecule has 4 heteroatoms. The van der Waals surface area contributed by atoms with E-state index in [-0.39, 0.29) is 0 Å². The summed E-state index contributed by atoms with van der Waals surface area (Å²) in [7, 11) is 0. The topological polar surface area (TPSA) is 46.5 Å². The van der Waals surface area contributed by atoms with Gasteiger partial charge >= 0.3 is 73.0 Å². The molecule has 1 aliphatic heterocycles. The summed E-state index contributed by atoms with van der Waals surface area (Å²) in [5.74, 6) is 0. The summed E-state index contributed by atoms with van der Waals surface area (Å²) < 4.78 is 15.8. The molecule has 2 rings (SSSR count). The molecule has 1 aromatic rings. The van der Waals surface area contributed by atoms with Gasteiger partial charge in [0.1, 0.15) is 0 Å². The third-order valence-corrected chi connectivity index (χ3v) is 3.94. The van der Waals surface area contributed by atoms with Crippen LogP contribution in [0.4, 0.5) is 0 Å². The molecule has 0 bridgehead atoms. The number of hydrogen-bond donors (Lipinski definition) is 0. The molecule has 0 N–H and O–H groups in total. The van der Waals surface area contributed by atoms with Crippen LogP contribution in [0.3, 0.4) is 0 Å². The number of rotatable bonds is 1. The van der Waals surface area contributed by atoms with Gasteiger partial charge in [0.25, 0.3) is 0 Å². The van der Waals surface area contributed by atoms with E-state index in [0.29, 0.717) is 12.0 Å². The van der Waals surface area contributed by atoms with E-state index >= 15 is 0 Å². The Morgan fingerprint density at radius 1 is 1.33 bits per heavy atom. The van der Waals surface area contributed by atoms with Crippen LogP contribution in [0.5, 0.6) is 0 Å². The number of carbonyl (C=O) groups excluding carboxylic acids is 1. The predicted molar refractivity (Wildman–Crippen MR) is 45.1 cm³/mol. The summed E-state index contributed by atoms with van der Waals surface area (Å²) in [6, 6.07) is 7.13. The summed E-state index contributed by atoms with van der Waals surface area (Å²) >= 11 is -2.29. The molecule has 0 aliphatic carbocycles. The van der Waals surface area contributed by atoms with Gasteiger partial charge in [0, 0.05) is 0 Å². The Morgan fingerprint density at radius 2 is 2.08 bits per heavy atom. The van der Waals surface area contributed by atoms with Crippen molar-refractivity contribution in [1.82, 2.24) is 0 Å². The number of fused-ring (bicyclic) bond motifs is 1. The average molecular weight is 226 g/mol. The van der Waals surface area contributed by atoms with Crippen LogP contribution in [0.1, 0.15) is 5.56 Å². The molecule has 0 amide bonds. The van der Waals surface area contributed by atoms with Crippen LogP contribution < -0.4 is 4.46 Å². The standard InChI is InChI=1S/C8H5NO2Se/c10-5-7-6-3-1-2-4-8(6)12(11)9-7/h1-5H. The van der Waals surface area contributed by atoms with Crippen molar-refractivity contribution >= 4 is 30.5 Å². The predicted octanol–water partition coefficient (Wildman–Crippen LogP) is -0.186. The van der Waals surface area contributed by atoms with Crippen molar-refractivity contribution in [2.24, 2.45) is 4.01 Å². The number of nitrogens with zero attached hydrogens (tertiary/aromatic N) is 1. The average Bonchev–Trinajstić information content (AvgIpc) is 2.44. The minimum absolute atomic E-state index is 0.325. The van der Waals surface area contributed by atoms with Crippen molar-refractivity contribution in [2.75, 3.05) is 0 Å². The molecule has 1 aromatic carbocycles. The number of carbonyl (C=O) groups is 1. The van der Waals surface area contributed by atoms with Gasteiger partial charge in [-0.05, 0) is 0 Å². The molecular weight excluding hydrogens is 221 g/mol. The van der Waals surface area contributed by atoms with Gasteiger partial charge in [0.05, 0.1) is 0 Å². The molecule has 0 saturated carbocycles. The first-order valence-electron chi connectivity index (χ1n) is 3.38. The Bertz CT molecular complexity index is 398. The molecular formula is C8H5NO2Se. The second kappa shape index (κ2) is 2.73. The number of hydrogen-bond acceptors (Lipinski definition) is 2. The van der Waals surface area contributed by atoms with Crippen LogP contribution in [0, 0.1) is 0 Å². The molecule has 12 heavy (non-hydrogen) atoms. The third kappa shape index (κ3) is 0.967. The molecule has 0 saturated heterocycles. The van der Waals surface area contributed by atoms with Gasteiger partial charge in [-0.3, -0.25) is 0 Å². The number of aldehydes is 1. The summed E-state index contributed by atoms with van der Waals surface area (Å²) in [6.45, 7) is 0. The fourth-order valence-electron chi connectivity index (χ4n) is 1.10. The molecule has 1 heterocycles. The van der Waals surface area contributed by atoms with Gasteiger partial charge < -0.3 is 0 Å². The van der Waals surface area contributed by atoms with E-state index in [1.165, 1.54) is 0 Å². The Labute approximate surface area is 73.4 Å². The van der Waals surface area contributed by atoms with Crippen LogP contribution in [0.25, 0.3) is 0 Å². The molecule has 3 nitrogen and oxygen atoms in total. The maximum absolute atomic E-state index is 11.3. The van der Waals surface area contributed by atoms with Crippen LogP contribution in [0.15, 0.2) is 28.3 Å². The summed E-state index contributed by atoms with van der Waals surface area (Å²) in [4.78, 5) is 10.5. The second-order valence-electron chi connectivity index (χ2n) is 2.34.